The topological polar surface area (TPSA) is 148 Å². The normalized spacial score (nSPS) is 11.3. The van der Waals surface area contributed by atoms with Gasteiger partial charge in [0.15, 0.2) is 11.5 Å². The summed E-state index contributed by atoms with van der Waals surface area (Å²) in [4.78, 5) is 22.4. The van der Waals surface area contributed by atoms with Crippen molar-refractivity contribution in [1.29, 1.82) is 0 Å². The van der Waals surface area contributed by atoms with Gasteiger partial charge in [0.2, 0.25) is 0 Å². The molecule has 0 saturated carbocycles. The quantitative estimate of drug-likeness (QED) is 0.0753. The molecular formula is C26H35N3O5S2. The van der Waals surface area contributed by atoms with Crippen LogP contribution >= 0.6 is 23.3 Å². The number of aliphatic hydroxyl groups is 1. The van der Waals surface area contributed by atoms with Crippen LogP contribution in [0, 0.1) is 0 Å². The van der Waals surface area contributed by atoms with Crippen LogP contribution in [0.1, 0.15) is 54.0 Å². The average Bonchev–Trinajstić information content (AvgIpc) is 3.32. The number of carbonyl (C=O) groups is 2. The van der Waals surface area contributed by atoms with Crippen molar-refractivity contribution >= 4 is 46.2 Å². The molecule has 0 bridgehead atoms. The summed E-state index contributed by atoms with van der Waals surface area (Å²) >= 11 is 2.34. The second-order valence-electron chi connectivity index (χ2n) is 6.64. The monoisotopic (exact) mass is 533 g/mol. The molecular weight excluding hydrogens is 498 g/mol. The molecule has 1 aromatic heterocycles. The predicted molar refractivity (Wildman–Crippen MR) is 152 cm³/mol. The molecule has 0 unspecified atom stereocenters. The molecule has 196 valence electrons. The number of thiophene rings is 1. The smallest absolute Gasteiger partial charge is 0.339 e. The molecule has 0 aliphatic rings. The molecule has 0 fully saturated rings. The number of aliphatic hydroxyl groups excluding tert-OH is 1. The fraction of sp³-hybridized carbons (Fsp3) is 0.231. The lowest BCUT2D eigenvalue weighted by Crippen LogP contribution is -2.05. The zero-order valence-electron chi connectivity index (χ0n) is 21.2. The Morgan fingerprint density at radius 3 is 2.47 bits per heavy atom. The number of nitrogen functional groups attached to an aromatic ring is 1. The molecule has 0 aliphatic heterocycles. The summed E-state index contributed by atoms with van der Waals surface area (Å²) in [5.41, 5.74) is 8.11. The first-order chi connectivity index (χ1) is 17.2. The van der Waals surface area contributed by atoms with Crippen molar-refractivity contribution < 1.29 is 24.5 Å². The van der Waals surface area contributed by atoms with Crippen molar-refractivity contribution in [2.75, 3.05) is 18.1 Å². The fourth-order valence-corrected chi connectivity index (χ4v) is 3.85. The van der Waals surface area contributed by atoms with Crippen molar-refractivity contribution in [3.8, 4) is 0 Å². The third-order valence-electron chi connectivity index (χ3n) is 4.32. The van der Waals surface area contributed by atoms with Crippen molar-refractivity contribution in [1.82, 2.24) is 0 Å². The van der Waals surface area contributed by atoms with E-state index in [0.29, 0.717) is 27.4 Å². The van der Waals surface area contributed by atoms with Gasteiger partial charge in [-0.25, -0.2) is 4.79 Å². The number of carboxylic acid groups (broad SMARTS) is 1. The van der Waals surface area contributed by atoms with Gasteiger partial charge in [-0.2, -0.15) is 0 Å². The van der Waals surface area contributed by atoms with Crippen LogP contribution in [0.25, 0.3) is 0 Å². The molecule has 1 aromatic carbocycles. The Hall–Kier alpha value is -3.47. The van der Waals surface area contributed by atoms with Gasteiger partial charge in [-0.3, -0.25) is 9.93 Å². The molecule has 36 heavy (non-hydrogen) atoms. The molecule has 0 atom stereocenters. The number of benzene rings is 1. The van der Waals surface area contributed by atoms with Crippen LogP contribution in [0.15, 0.2) is 76.4 Å². The number of hydrogen-bond acceptors (Lipinski definition) is 9. The Morgan fingerprint density at radius 2 is 1.97 bits per heavy atom. The number of allylic oxidation sites excluding steroid dienone is 5. The fourth-order valence-electron chi connectivity index (χ4n) is 2.54. The maximum Gasteiger partial charge on any atom is 0.339 e. The zero-order chi connectivity index (χ0) is 27.7. The van der Waals surface area contributed by atoms with E-state index in [9.17, 15) is 19.8 Å². The lowest BCUT2D eigenvalue weighted by atomic mass is 10.2. The van der Waals surface area contributed by atoms with E-state index in [1.54, 1.807) is 55.8 Å². The van der Waals surface area contributed by atoms with Gasteiger partial charge >= 0.3 is 5.97 Å². The van der Waals surface area contributed by atoms with Gasteiger partial charge in [0, 0.05) is 34.1 Å². The van der Waals surface area contributed by atoms with E-state index >= 15 is 0 Å². The van der Waals surface area contributed by atoms with Crippen LogP contribution in [0.5, 0.6) is 0 Å². The third kappa shape index (κ3) is 10.0. The molecule has 7 N–H and O–H groups in total. The maximum absolute atomic E-state index is 11.4. The summed E-state index contributed by atoms with van der Waals surface area (Å²) in [6.45, 7) is 11.3. The number of ether oxygens (including phenoxy) is 1. The van der Waals surface area contributed by atoms with Crippen molar-refractivity contribution in [2.24, 2.45) is 5.14 Å². The Morgan fingerprint density at radius 1 is 1.31 bits per heavy atom. The van der Waals surface area contributed by atoms with E-state index < -0.39 is 5.97 Å². The number of carboxylic acids is 1. The minimum absolute atomic E-state index is 0.0358. The molecule has 0 amide bonds. The zero-order valence-corrected chi connectivity index (χ0v) is 22.8. The van der Waals surface area contributed by atoms with Gasteiger partial charge in [0.25, 0.3) is 0 Å². The van der Waals surface area contributed by atoms with Crippen LogP contribution < -0.4 is 16.2 Å². The number of nitrogens with one attached hydrogen (secondary N) is 1. The number of anilines is 2. The number of carbonyl (C=O) groups excluding carboxylic acids is 1. The van der Waals surface area contributed by atoms with Gasteiger partial charge in [-0.1, -0.05) is 38.7 Å². The molecule has 0 spiro atoms. The van der Waals surface area contributed by atoms with Gasteiger partial charge in [0.1, 0.15) is 23.5 Å². The first-order valence-corrected chi connectivity index (χ1v) is 12.7. The summed E-state index contributed by atoms with van der Waals surface area (Å²) in [6, 6.07) is 4.98. The highest BCUT2D eigenvalue weighted by Crippen LogP contribution is 2.29. The molecule has 10 heteroatoms. The lowest BCUT2D eigenvalue weighted by molar-refractivity contribution is 0.0693. The lowest BCUT2D eigenvalue weighted by Gasteiger charge is -2.12. The van der Waals surface area contributed by atoms with Crippen molar-refractivity contribution in [2.45, 2.75) is 39.2 Å². The van der Waals surface area contributed by atoms with Gasteiger partial charge in [-0.05, 0) is 55.6 Å². The molecule has 8 nitrogen and oxygen atoms in total. The Labute approximate surface area is 221 Å². The van der Waals surface area contributed by atoms with Crippen LogP contribution in [-0.2, 0) is 11.3 Å². The molecule has 2 rings (SSSR count). The summed E-state index contributed by atoms with van der Waals surface area (Å²) in [7, 11) is 1.67. The van der Waals surface area contributed by atoms with Crippen LogP contribution in [0.2, 0.25) is 0 Å². The average molecular weight is 534 g/mol. The minimum atomic E-state index is -1.02. The largest absolute Gasteiger partial charge is 0.504 e. The second kappa shape index (κ2) is 17.9. The van der Waals surface area contributed by atoms with Crippen LogP contribution in [0.4, 0.5) is 10.7 Å². The third-order valence-corrected chi connectivity index (χ3v) is 5.98. The predicted octanol–water partition coefficient (Wildman–Crippen LogP) is 6.56. The summed E-state index contributed by atoms with van der Waals surface area (Å²) in [5.74, 6) is -0.790. The first kappa shape index (κ1) is 32.5. The highest BCUT2D eigenvalue weighted by molar-refractivity contribution is 7.97. The van der Waals surface area contributed by atoms with E-state index in [-0.39, 0.29) is 23.7 Å². The number of rotatable bonds is 10. The van der Waals surface area contributed by atoms with E-state index in [1.807, 2.05) is 20.8 Å². The van der Waals surface area contributed by atoms with Gasteiger partial charge < -0.3 is 26.0 Å². The summed E-state index contributed by atoms with van der Waals surface area (Å²) < 4.78 is 5.66. The van der Waals surface area contributed by atoms with E-state index in [4.69, 9.17) is 15.6 Å². The molecule has 0 saturated heterocycles. The van der Waals surface area contributed by atoms with Crippen LogP contribution in [-0.4, -0.2) is 29.5 Å². The Kier molecular flexibility index (Phi) is 16.2. The van der Waals surface area contributed by atoms with Crippen molar-refractivity contribution in [3.63, 3.8) is 0 Å². The standard InChI is InChI=1S/C17H21NO4S.C7H8N2OS.C2H6/c1-5-7-8-13(19)15(11(3)6-2)22-9-12-10-23-16(18-4)14(12)17(20)21;8-6-2-1-5(4-10)3-7(6)11-9;1-2/h5-8,10,18-19H,2,9H2,1,3-4H3,(H,20,21);1-4H,8-9H2;1-2H3/b7-5-,13-8+,15-11-;;. The number of aldehydes is 1. The molecule has 0 radical (unpaired) electrons. The number of nitrogens with two attached hydrogens (primary N) is 2. The highest BCUT2D eigenvalue weighted by atomic mass is 32.2. The first-order valence-electron chi connectivity index (χ1n) is 10.9. The molecule has 2 aromatic rings. The van der Waals surface area contributed by atoms with E-state index in [2.05, 4.69) is 11.9 Å². The SMILES string of the molecule is C=C/C(C)=C(OCc1csc(NC)c1C(=O)O)/C(O)=C\C=C/C.CC.NSc1cc(C=O)ccc1N. The molecule has 0 aliphatic carbocycles. The minimum Gasteiger partial charge on any atom is -0.504 e. The Balaban J connectivity index is 0.000000784. The number of hydrogen-bond donors (Lipinski definition) is 5. The van der Waals surface area contributed by atoms with Gasteiger partial charge in [0.05, 0.1) is 0 Å². The Bertz CT molecular complexity index is 1100. The number of aromatic carboxylic acids is 1. The second-order valence-corrected chi connectivity index (χ2v) is 8.19. The maximum atomic E-state index is 11.4. The van der Waals surface area contributed by atoms with Gasteiger partial charge in [-0.15, -0.1) is 11.3 Å². The highest BCUT2D eigenvalue weighted by Gasteiger charge is 2.19. The molecule has 1 heterocycles. The van der Waals surface area contributed by atoms with E-state index in [0.717, 1.165) is 23.1 Å². The van der Waals surface area contributed by atoms with E-state index in [1.165, 1.54) is 17.4 Å². The summed E-state index contributed by atoms with van der Waals surface area (Å²) in [5, 5.41) is 29.9. The summed E-state index contributed by atoms with van der Waals surface area (Å²) in [6.07, 6.45) is 7.30. The van der Waals surface area contributed by atoms with Crippen molar-refractivity contribution in [3.05, 3.63) is 88.2 Å². The van der Waals surface area contributed by atoms with Crippen LogP contribution in [0.3, 0.4) is 0 Å².